The van der Waals surface area contributed by atoms with Gasteiger partial charge in [-0.2, -0.15) is 0 Å². The van der Waals surface area contributed by atoms with Crippen molar-refractivity contribution in [1.82, 2.24) is 10.3 Å². The highest BCUT2D eigenvalue weighted by Gasteiger charge is 1.96. The van der Waals surface area contributed by atoms with Crippen molar-refractivity contribution < 1.29 is 4.74 Å². The van der Waals surface area contributed by atoms with Gasteiger partial charge >= 0.3 is 0 Å². The Hall–Kier alpha value is -1.09. The molecule has 0 bridgehead atoms. The van der Waals surface area contributed by atoms with Crippen molar-refractivity contribution in [3.8, 4) is 5.88 Å². The average molecular weight is 180 g/mol. The Balaban J connectivity index is 2.56. The highest BCUT2D eigenvalue weighted by molar-refractivity contribution is 5.15. The van der Waals surface area contributed by atoms with Gasteiger partial charge < -0.3 is 10.1 Å². The SMILES string of the molecule is CCCOc1cccc(CNC)n1. The smallest absolute Gasteiger partial charge is 0.213 e. The van der Waals surface area contributed by atoms with Crippen LogP contribution in [0.25, 0.3) is 0 Å². The second-order valence-corrected chi connectivity index (χ2v) is 2.85. The molecular weight excluding hydrogens is 164 g/mol. The third-order valence-electron chi connectivity index (χ3n) is 1.59. The average Bonchev–Trinajstić information content (AvgIpc) is 2.16. The zero-order valence-corrected chi connectivity index (χ0v) is 8.21. The van der Waals surface area contributed by atoms with Crippen LogP contribution in [0.5, 0.6) is 5.88 Å². The number of rotatable bonds is 5. The molecule has 3 heteroatoms. The van der Waals surface area contributed by atoms with Crippen molar-refractivity contribution in [1.29, 1.82) is 0 Å². The molecule has 0 fully saturated rings. The van der Waals surface area contributed by atoms with Gasteiger partial charge in [-0.3, -0.25) is 0 Å². The Bertz CT molecular complexity index is 250. The summed E-state index contributed by atoms with van der Waals surface area (Å²) in [6.45, 7) is 3.59. The van der Waals surface area contributed by atoms with E-state index in [9.17, 15) is 0 Å². The first-order valence-corrected chi connectivity index (χ1v) is 4.60. The number of pyridine rings is 1. The Morgan fingerprint density at radius 3 is 3.00 bits per heavy atom. The van der Waals surface area contributed by atoms with E-state index < -0.39 is 0 Å². The molecule has 0 spiro atoms. The van der Waals surface area contributed by atoms with E-state index in [2.05, 4.69) is 17.2 Å². The van der Waals surface area contributed by atoms with E-state index in [0.717, 1.165) is 31.1 Å². The summed E-state index contributed by atoms with van der Waals surface area (Å²) in [5.74, 6) is 0.717. The standard InChI is InChI=1S/C10H16N2O/c1-3-7-13-10-6-4-5-9(12-10)8-11-2/h4-6,11H,3,7-8H2,1-2H3. The number of aromatic nitrogens is 1. The minimum Gasteiger partial charge on any atom is -0.478 e. The number of ether oxygens (including phenoxy) is 1. The summed E-state index contributed by atoms with van der Waals surface area (Å²) in [7, 11) is 1.90. The van der Waals surface area contributed by atoms with Crippen molar-refractivity contribution in [2.75, 3.05) is 13.7 Å². The van der Waals surface area contributed by atoms with Crippen LogP contribution in [-0.2, 0) is 6.54 Å². The van der Waals surface area contributed by atoms with Crippen LogP contribution in [0.4, 0.5) is 0 Å². The van der Waals surface area contributed by atoms with Crippen molar-refractivity contribution in [2.24, 2.45) is 0 Å². The maximum atomic E-state index is 5.40. The fourth-order valence-corrected chi connectivity index (χ4v) is 1.02. The summed E-state index contributed by atoms with van der Waals surface area (Å²) in [6.07, 6.45) is 1.01. The largest absolute Gasteiger partial charge is 0.478 e. The molecule has 1 aromatic rings. The molecule has 0 aliphatic heterocycles. The molecule has 0 atom stereocenters. The molecule has 1 aromatic heterocycles. The van der Waals surface area contributed by atoms with E-state index in [4.69, 9.17) is 4.74 Å². The van der Waals surface area contributed by atoms with Crippen molar-refractivity contribution in [3.05, 3.63) is 23.9 Å². The van der Waals surface area contributed by atoms with Crippen LogP contribution in [0.1, 0.15) is 19.0 Å². The molecular formula is C10H16N2O. The van der Waals surface area contributed by atoms with Crippen molar-refractivity contribution in [2.45, 2.75) is 19.9 Å². The second-order valence-electron chi connectivity index (χ2n) is 2.85. The molecule has 0 aliphatic rings. The second kappa shape index (κ2) is 5.54. The quantitative estimate of drug-likeness (QED) is 0.747. The summed E-state index contributed by atoms with van der Waals surface area (Å²) in [5, 5.41) is 3.05. The van der Waals surface area contributed by atoms with Crippen LogP contribution < -0.4 is 10.1 Å². The molecule has 0 saturated carbocycles. The predicted octanol–water partition coefficient (Wildman–Crippen LogP) is 1.59. The minimum atomic E-state index is 0.717. The summed E-state index contributed by atoms with van der Waals surface area (Å²) < 4.78 is 5.40. The van der Waals surface area contributed by atoms with Crippen molar-refractivity contribution >= 4 is 0 Å². The lowest BCUT2D eigenvalue weighted by molar-refractivity contribution is 0.304. The zero-order valence-electron chi connectivity index (χ0n) is 8.21. The van der Waals surface area contributed by atoms with Gasteiger partial charge in [-0.15, -0.1) is 0 Å². The zero-order chi connectivity index (χ0) is 9.52. The van der Waals surface area contributed by atoms with Gasteiger partial charge in [0.05, 0.1) is 12.3 Å². The normalized spacial score (nSPS) is 10.0. The summed E-state index contributed by atoms with van der Waals surface area (Å²) in [5.41, 5.74) is 1.01. The highest BCUT2D eigenvalue weighted by atomic mass is 16.5. The summed E-state index contributed by atoms with van der Waals surface area (Å²) >= 11 is 0. The first-order chi connectivity index (χ1) is 6.36. The number of hydrogen-bond acceptors (Lipinski definition) is 3. The fourth-order valence-electron chi connectivity index (χ4n) is 1.02. The molecule has 3 nitrogen and oxygen atoms in total. The van der Waals surface area contributed by atoms with E-state index >= 15 is 0 Å². The molecule has 0 aromatic carbocycles. The van der Waals surface area contributed by atoms with Crippen LogP contribution >= 0.6 is 0 Å². The molecule has 0 saturated heterocycles. The van der Waals surface area contributed by atoms with Gasteiger partial charge in [0.15, 0.2) is 0 Å². The lowest BCUT2D eigenvalue weighted by Gasteiger charge is -2.04. The molecule has 1 heterocycles. The van der Waals surface area contributed by atoms with Crippen LogP contribution in [0, 0.1) is 0 Å². The number of nitrogens with zero attached hydrogens (tertiary/aromatic N) is 1. The van der Waals surface area contributed by atoms with Crippen molar-refractivity contribution in [3.63, 3.8) is 0 Å². The topological polar surface area (TPSA) is 34.1 Å². The molecule has 72 valence electrons. The molecule has 0 radical (unpaired) electrons. The third-order valence-corrected chi connectivity index (χ3v) is 1.59. The van der Waals surface area contributed by atoms with E-state index in [1.807, 2.05) is 25.2 Å². The monoisotopic (exact) mass is 180 g/mol. The first-order valence-electron chi connectivity index (χ1n) is 4.60. The van der Waals surface area contributed by atoms with Gasteiger partial charge in [0.2, 0.25) is 5.88 Å². The van der Waals surface area contributed by atoms with E-state index in [-0.39, 0.29) is 0 Å². The minimum absolute atomic E-state index is 0.717. The molecule has 1 N–H and O–H groups in total. The number of nitrogens with one attached hydrogen (secondary N) is 1. The first kappa shape index (κ1) is 9.99. The maximum Gasteiger partial charge on any atom is 0.213 e. The molecule has 0 amide bonds. The Morgan fingerprint density at radius 2 is 2.31 bits per heavy atom. The highest BCUT2D eigenvalue weighted by Crippen LogP contribution is 2.07. The predicted molar refractivity (Wildman–Crippen MR) is 52.8 cm³/mol. The van der Waals surface area contributed by atoms with E-state index in [0.29, 0.717) is 0 Å². The lowest BCUT2D eigenvalue weighted by Crippen LogP contribution is -2.07. The Labute approximate surface area is 79.1 Å². The van der Waals surface area contributed by atoms with Gasteiger partial charge in [-0.1, -0.05) is 13.0 Å². The molecule has 1 rings (SSSR count). The van der Waals surface area contributed by atoms with Crippen LogP contribution in [0.15, 0.2) is 18.2 Å². The summed E-state index contributed by atoms with van der Waals surface area (Å²) in [4.78, 5) is 4.32. The molecule has 13 heavy (non-hydrogen) atoms. The molecule has 0 unspecified atom stereocenters. The Kier molecular flexibility index (Phi) is 4.26. The lowest BCUT2D eigenvalue weighted by atomic mass is 10.3. The third kappa shape index (κ3) is 3.42. The van der Waals surface area contributed by atoms with E-state index in [1.165, 1.54) is 0 Å². The van der Waals surface area contributed by atoms with Gasteiger partial charge in [-0.05, 0) is 19.5 Å². The van der Waals surface area contributed by atoms with Gasteiger partial charge in [0.25, 0.3) is 0 Å². The fraction of sp³-hybridized carbons (Fsp3) is 0.500. The Morgan fingerprint density at radius 1 is 1.46 bits per heavy atom. The maximum absolute atomic E-state index is 5.40. The van der Waals surface area contributed by atoms with Gasteiger partial charge in [-0.25, -0.2) is 4.98 Å². The van der Waals surface area contributed by atoms with Crippen LogP contribution in [-0.4, -0.2) is 18.6 Å². The number of hydrogen-bond donors (Lipinski definition) is 1. The molecule has 0 aliphatic carbocycles. The van der Waals surface area contributed by atoms with Gasteiger partial charge in [0, 0.05) is 12.6 Å². The van der Waals surface area contributed by atoms with Crippen LogP contribution in [0.3, 0.4) is 0 Å². The summed E-state index contributed by atoms with van der Waals surface area (Å²) in [6, 6.07) is 5.83. The van der Waals surface area contributed by atoms with E-state index in [1.54, 1.807) is 0 Å². The van der Waals surface area contributed by atoms with Crippen LogP contribution in [0.2, 0.25) is 0 Å². The van der Waals surface area contributed by atoms with Gasteiger partial charge in [0.1, 0.15) is 0 Å².